The average Bonchev–Trinajstić information content (AvgIpc) is 2.27. The van der Waals surface area contributed by atoms with Gasteiger partial charge in [-0.25, -0.2) is 4.98 Å². The standard InChI is InChI=1S/C8H7NS2/c1-5-9-7-4-6(10)2-3-8(7)11-5/h2-4,10H,1H3. The molecule has 56 valence electrons. The first kappa shape index (κ1) is 7.13. The molecule has 0 bridgehead atoms. The van der Waals surface area contributed by atoms with E-state index in [0.717, 1.165) is 15.4 Å². The summed E-state index contributed by atoms with van der Waals surface area (Å²) in [5.41, 5.74) is 1.06. The van der Waals surface area contributed by atoms with Crippen molar-refractivity contribution >= 4 is 34.2 Å². The van der Waals surface area contributed by atoms with E-state index in [1.54, 1.807) is 11.3 Å². The number of fused-ring (bicyclic) bond motifs is 1. The quantitative estimate of drug-likeness (QED) is 0.617. The van der Waals surface area contributed by atoms with Crippen molar-refractivity contribution in [2.24, 2.45) is 0 Å². The van der Waals surface area contributed by atoms with Crippen LogP contribution >= 0.6 is 24.0 Å². The minimum atomic E-state index is 0.975. The van der Waals surface area contributed by atoms with Crippen LogP contribution in [0.3, 0.4) is 0 Å². The second-order valence-corrected chi connectivity index (χ2v) is 4.14. The van der Waals surface area contributed by atoms with Crippen LogP contribution in [0.25, 0.3) is 10.2 Å². The van der Waals surface area contributed by atoms with Crippen LogP contribution < -0.4 is 0 Å². The first-order chi connectivity index (χ1) is 5.25. The number of thiazole rings is 1. The summed E-state index contributed by atoms with van der Waals surface area (Å²) in [4.78, 5) is 5.32. The first-order valence-electron chi connectivity index (χ1n) is 3.32. The molecule has 2 aromatic rings. The minimum Gasteiger partial charge on any atom is -0.241 e. The van der Waals surface area contributed by atoms with Crippen LogP contribution in [0.4, 0.5) is 0 Å². The molecule has 1 heterocycles. The normalized spacial score (nSPS) is 10.7. The SMILES string of the molecule is Cc1nc2cc(S)ccc2s1. The van der Waals surface area contributed by atoms with Crippen molar-refractivity contribution in [3.63, 3.8) is 0 Å². The van der Waals surface area contributed by atoms with Crippen LogP contribution in [0, 0.1) is 6.92 Å². The van der Waals surface area contributed by atoms with E-state index < -0.39 is 0 Å². The van der Waals surface area contributed by atoms with E-state index in [4.69, 9.17) is 0 Å². The fraction of sp³-hybridized carbons (Fsp3) is 0.125. The van der Waals surface area contributed by atoms with Crippen LogP contribution in [0.15, 0.2) is 23.1 Å². The van der Waals surface area contributed by atoms with E-state index in [-0.39, 0.29) is 0 Å². The van der Waals surface area contributed by atoms with Crippen LogP contribution in [0.5, 0.6) is 0 Å². The predicted molar refractivity (Wildman–Crippen MR) is 51.6 cm³/mol. The van der Waals surface area contributed by atoms with E-state index in [1.165, 1.54) is 4.70 Å². The van der Waals surface area contributed by atoms with Gasteiger partial charge >= 0.3 is 0 Å². The molecule has 0 aliphatic rings. The van der Waals surface area contributed by atoms with Gasteiger partial charge in [0.05, 0.1) is 15.2 Å². The van der Waals surface area contributed by atoms with Crippen molar-refractivity contribution in [3.8, 4) is 0 Å². The van der Waals surface area contributed by atoms with Crippen molar-refractivity contribution < 1.29 is 0 Å². The van der Waals surface area contributed by atoms with Gasteiger partial charge < -0.3 is 0 Å². The number of nitrogens with zero attached hydrogens (tertiary/aromatic N) is 1. The number of aromatic nitrogens is 1. The van der Waals surface area contributed by atoms with Gasteiger partial charge in [0.1, 0.15) is 0 Å². The van der Waals surface area contributed by atoms with Gasteiger partial charge in [-0.3, -0.25) is 0 Å². The maximum Gasteiger partial charge on any atom is 0.0907 e. The molecule has 0 saturated carbocycles. The third kappa shape index (κ3) is 1.26. The fourth-order valence-electron chi connectivity index (χ4n) is 1.03. The summed E-state index contributed by atoms with van der Waals surface area (Å²) in [7, 11) is 0. The summed E-state index contributed by atoms with van der Waals surface area (Å²) in [5, 5.41) is 1.11. The minimum absolute atomic E-state index is 0.975. The van der Waals surface area contributed by atoms with E-state index in [2.05, 4.69) is 23.7 Å². The molecule has 0 spiro atoms. The average molecular weight is 181 g/mol. The molecule has 0 amide bonds. The number of hydrogen-bond acceptors (Lipinski definition) is 3. The maximum absolute atomic E-state index is 4.34. The number of hydrogen-bond donors (Lipinski definition) is 1. The van der Waals surface area contributed by atoms with Crippen molar-refractivity contribution in [1.29, 1.82) is 0 Å². The highest BCUT2D eigenvalue weighted by Crippen LogP contribution is 2.23. The molecule has 2 rings (SSSR count). The molecule has 0 atom stereocenters. The number of aryl methyl sites for hydroxylation is 1. The molecule has 0 N–H and O–H groups in total. The molecular formula is C8H7NS2. The van der Waals surface area contributed by atoms with Crippen molar-refractivity contribution in [2.45, 2.75) is 11.8 Å². The first-order valence-corrected chi connectivity index (χ1v) is 4.58. The Morgan fingerprint density at radius 2 is 2.27 bits per heavy atom. The van der Waals surface area contributed by atoms with E-state index in [0.29, 0.717) is 0 Å². The highest BCUT2D eigenvalue weighted by atomic mass is 32.1. The lowest BCUT2D eigenvalue weighted by atomic mass is 10.3. The lowest BCUT2D eigenvalue weighted by Gasteiger charge is -1.87. The van der Waals surface area contributed by atoms with Crippen LogP contribution in [-0.2, 0) is 0 Å². The Balaban J connectivity index is 2.82. The number of benzene rings is 1. The fourth-order valence-corrected chi connectivity index (χ4v) is 2.04. The molecule has 0 aliphatic carbocycles. The van der Waals surface area contributed by atoms with Gasteiger partial charge in [-0.05, 0) is 25.1 Å². The van der Waals surface area contributed by atoms with Gasteiger partial charge in [-0.1, -0.05) is 0 Å². The Labute approximate surface area is 74.5 Å². The Bertz CT molecular complexity index is 392. The van der Waals surface area contributed by atoms with Crippen LogP contribution in [0.1, 0.15) is 5.01 Å². The molecule has 0 fully saturated rings. The van der Waals surface area contributed by atoms with Crippen molar-refractivity contribution in [1.82, 2.24) is 4.98 Å². The summed E-state index contributed by atoms with van der Waals surface area (Å²) in [6, 6.07) is 6.04. The topological polar surface area (TPSA) is 12.9 Å². The third-order valence-corrected chi connectivity index (χ3v) is 2.71. The summed E-state index contributed by atoms with van der Waals surface area (Å²) < 4.78 is 1.24. The molecule has 3 heteroatoms. The zero-order valence-corrected chi connectivity index (χ0v) is 7.75. The molecule has 0 radical (unpaired) electrons. The maximum atomic E-state index is 4.34. The van der Waals surface area contributed by atoms with Gasteiger partial charge in [0, 0.05) is 4.90 Å². The Morgan fingerprint density at radius 1 is 1.45 bits per heavy atom. The van der Waals surface area contributed by atoms with Crippen molar-refractivity contribution in [2.75, 3.05) is 0 Å². The molecule has 0 aliphatic heterocycles. The number of thiol groups is 1. The van der Waals surface area contributed by atoms with Crippen LogP contribution in [-0.4, -0.2) is 4.98 Å². The third-order valence-electron chi connectivity index (χ3n) is 1.48. The zero-order chi connectivity index (χ0) is 7.84. The Hall–Kier alpha value is -0.540. The molecule has 11 heavy (non-hydrogen) atoms. The summed E-state index contributed by atoms with van der Waals surface area (Å²) in [6.07, 6.45) is 0. The van der Waals surface area contributed by atoms with Gasteiger partial charge in [-0.15, -0.1) is 24.0 Å². The van der Waals surface area contributed by atoms with E-state index in [1.807, 2.05) is 19.1 Å². The zero-order valence-electron chi connectivity index (χ0n) is 6.03. The lowest BCUT2D eigenvalue weighted by molar-refractivity contribution is 1.33. The Morgan fingerprint density at radius 3 is 3.09 bits per heavy atom. The highest BCUT2D eigenvalue weighted by molar-refractivity contribution is 7.80. The van der Waals surface area contributed by atoms with Crippen molar-refractivity contribution in [3.05, 3.63) is 23.2 Å². The van der Waals surface area contributed by atoms with Gasteiger partial charge in [0.25, 0.3) is 0 Å². The molecule has 1 aromatic heterocycles. The van der Waals surface area contributed by atoms with Crippen LogP contribution in [0.2, 0.25) is 0 Å². The monoisotopic (exact) mass is 181 g/mol. The molecule has 0 saturated heterocycles. The van der Waals surface area contributed by atoms with Gasteiger partial charge in [0.2, 0.25) is 0 Å². The van der Waals surface area contributed by atoms with Gasteiger partial charge in [0.15, 0.2) is 0 Å². The summed E-state index contributed by atoms with van der Waals surface area (Å²) >= 11 is 5.95. The summed E-state index contributed by atoms with van der Waals surface area (Å²) in [6.45, 7) is 2.02. The number of rotatable bonds is 0. The predicted octanol–water partition coefficient (Wildman–Crippen LogP) is 2.89. The molecule has 1 nitrogen and oxygen atoms in total. The van der Waals surface area contributed by atoms with E-state index in [9.17, 15) is 0 Å². The van der Waals surface area contributed by atoms with Gasteiger partial charge in [-0.2, -0.15) is 0 Å². The molecule has 1 aromatic carbocycles. The highest BCUT2D eigenvalue weighted by Gasteiger charge is 1.98. The summed E-state index contributed by atoms with van der Waals surface area (Å²) in [5.74, 6) is 0. The largest absolute Gasteiger partial charge is 0.241 e. The molecule has 0 unspecified atom stereocenters. The lowest BCUT2D eigenvalue weighted by Crippen LogP contribution is -1.68. The Kier molecular flexibility index (Phi) is 1.62. The second-order valence-electron chi connectivity index (χ2n) is 2.38. The molecular weight excluding hydrogens is 174 g/mol. The smallest absolute Gasteiger partial charge is 0.0907 e. The van der Waals surface area contributed by atoms with E-state index >= 15 is 0 Å². The second kappa shape index (κ2) is 2.50.